The Morgan fingerprint density at radius 1 is 1.15 bits per heavy atom. The van der Waals surface area contributed by atoms with E-state index >= 15 is 0 Å². The monoisotopic (exact) mass is 270 g/mol. The van der Waals surface area contributed by atoms with Crippen LogP contribution in [-0.4, -0.2) is 17.6 Å². The molecule has 4 N–H and O–H groups in total. The molecule has 2 aromatic carbocycles. The van der Waals surface area contributed by atoms with E-state index in [4.69, 9.17) is 5.73 Å². The highest BCUT2D eigenvalue weighted by molar-refractivity contribution is 5.79. The summed E-state index contributed by atoms with van der Waals surface area (Å²) in [6.45, 7) is -0.132. The SMILES string of the molecule is Nc1cccc(CC(=O)NC(CO)c2ccccc2)c1. The van der Waals surface area contributed by atoms with Crippen LogP contribution >= 0.6 is 0 Å². The number of aliphatic hydroxyl groups is 1. The minimum atomic E-state index is -0.384. The van der Waals surface area contributed by atoms with Crippen LogP contribution in [0.5, 0.6) is 0 Å². The predicted molar refractivity (Wildman–Crippen MR) is 79.0 cm³/mol. The number of aliphatic hydroxyl groups excluding tert-OH is 1. The van der Waals surface area contributed by atoms with Crippen LogP contribution in [0.3, 0.4) is 0 Å². The summed E-state index contributed by atoms with van der Waals surface area (Å²) in [6.07, 6.45) is 0.244. The maximum Gasteiger partial charge on any atom is 0.224 e. The number of rotatable bonds is 5. The third-order valence-electron chi connectivity index (χ3n) is 3.04. The van der Waals surface area contributed by atoms with Gasteiger partial charge in [-0.05, 0) is 23.3 Å². The average molecular weight is 270 g/mol. The zero-order valence-corrected chi connectivity index (χ0v) is 11.1. The first-order valence-electron chi connectivity index (χ1n) is 6.48. The molecule has 2 aromatic rings. The van der Waals surface area contributed by atoms with E-state index in [1.54, 1.807) is 12.1 Å². The Morgan fingerprint density at radius 2 is 1.90 bits per heavy atom. The first-order chi connectivity index (χ1) is 9.69. The van der Waals surface area contributed by atoms with Crippen molar-refractivity contribution in [1.29, 1.82) is 0 Å². The minimum Gasteiger partial charge on any atom is -0.399 e. The van der Waals surface area contributed by atoms with Gasteiger partial charge in [-0.2, -0.15) is 0 Å². The van der Waals surface area contributed by atoms with Crippen LogP contribution in [0.2, 0.25) is 0 Å². The molecule has 0 spiro atoms. The van der Waals surface area contributed by atoms with Crippen molar-refractivity contribution >= 4 is 11.6 Å². The third kappa shape index (κ3) is 3.83. The van der Waals surface area contributed by atoms with Crippen molar-refractivity contribution in [3.8, 4) is 0 Å². The summed E-state index contributed by atoms with van der Waals surface area (Å²) in [5.41, 5.74) is 8.06. The highest BCUT2D eigenvalue weighted by Gasteiger charge is 2.13. The third-order valence-corrected chi connectivity index (χ3v) is 3.04. The molecule has 0 heterocycles. The number of hydrogen-bond acceptors (Lipinski definition) is 3. The second-order valence-corrected chi connectivity index (χ2v) is 4.64. The molecular formula is C16H18N2O2. The lowest BCUT2D eigenvalue weighted by molar-refractivity contribution is -0.121. The van der Waals surface area contributed by atoms with Crippen LogP contribution in [0.15, 0.2) is 54.6 Å². The largest absolute Gasteiger partial charge is 0.399 e. The Morgan fingerprint density at radius 3 is 2.55 bits per heavy atom. The number of carbonyl (C=O) groups excluding carboxylic acids is 1. The quantitative estimate of drug-likeness (QED) is 0.723. The Kier molecular flexibility index (Phi) is 4.74. The van der Waals surface area contributed by atoms with Crippen LogP contribution in [0.1, 0.15) is 17.2 Å². The maximum absolute atomic E-state index is 12.0. The normalized spacial score (nSPS) is 11.8. The van der Waals surface area contributed by atoms with Crippen molar-refractivity contribution in [3.63, 3.8) is 0 Å². The zero-order chi connectivity index (χ0) is 14.4. The fourth-order valence-corrected chi connectivity index (χ4v) is 2.05. The lowest BCUT2D eigenvalue weighted by Gasteiger charge is -2.16. The van der Waals surface area contributed by atoms with Crippen molar-refractivity contribution in [1.82, 2.24) is 5.32 Å². The van der Waals surface area contributed by atoms with Gasteiger partial charge in [-0.25, -0.2) is 0 Å². The van der Waals surface area contributed by atoms with Crippen LogP contribution in [0.25, 0.3) is 0 Å². The maximum atomic E-state index is 12.0. The van der Waals surface area contributed by atoms with Gasteiger partial charge in [0.1, 0.15) is 0 Å². The van der Waals surface area contributed by atoms with Crippen molar-refractivity contribution in [2.75, 3.05) is 12.3 Å². The van der Waals surface area contributed by atoms with Crippen molar-refractivity contribution in [3.05, 3.63) is 65.7 Å². The molecule has 4 heteroatoms. The van der Waals surface area contributed by atoms with E-state index in [9.17, 15) is 9.90 Å². The van der Waals surface area contributed by atoms with Crippen molar-refractivity contribution in [2.45, 2.75) is 12.5 Å². The Balaban J connectivity index is 2.00. The van der Waals surface area contributed by atoms with E-state index in [0.717, 1.165) is 11.1 Å². The molecule has 104 valence electrons. The Bertz CT molecular complexity index is 570. The second-order valence-electron chi connectivity index (χ2n) is 4.64. The number of nitrogens with two attached hydrogens (primary N) is 1. The summed E-state index contributed by atoms with van der Waals surface area (Å²) in [4.78, 5) is 12.0. The zero-order valence-electron chi connectivity index (χ0n) is 11.1. The molecule has 20 heavy (non-hydrogen) atoms. The summed E-state index contributed by atoms with van der Waals surface area (Å²) < 4.78 is 0. The molecular weight excluding hydrogens is 252 g/mol. The van der Waals surface area contributed by atoms with Crippen LogP contribution in [-0.2, 0) is 11.2 Å². The number of benzene rings is 2. The van der Waals surface area contributed by atoms with Gasteiger partial charge in [-0.1, -0.05) is 42.5 Å². The number of nitrogens with one attached hydrogen (secondary N) is 1. The molecule has 0 saturated carbocycles. The molecule has 4 nitrogen and oxygen atoms in total. The molecule has 1 atom stereocenters. The smallest absolute Gasteiger partial charge is 0.224 e. The minimum absolute atomic E-state index is 0.132. The summed E-state index contributed by atoms with van der Waals surface area (Å²) in [5, 5.41) is 12.2. The molecule has 0 bridgehead atoms. The molecule has 0 aliphatic carbocycles. The van der Waals surface area contributed by atoms with Gasteiger partial charge >= 0.3 is 0 Å². The van der Waals surface area contributed by atoms with Gasteiger partial charge in [0.2, 0.25) is 5.91 Å². The van der Waals surface area contributed by atoms with E-state index in [1.165, 1.54) is 0 Å². The van der Waals surface area contributed by atoms with Crippen LogP contribution in [0, 0.1) is 0 Å². The first-order valence-corrected chi connectivity index (χ1v) is 6.48. The van der Waals surface area contributed by atoms with Gasteiger partial charge in [0.05, 0.1) is 19.1 Å². The molecule has 1 amide bonds. The number of hydrogen-bond donors (Lipinski definition) is 3. The van der Waals surface area contributed by atoms with E-state index in [0.29, 0.717) is 5.69 Å². The molecule has 0 saturated heterocycles. The summed E-state index contributed by atoms with van der Waals surface area (Å²) >= 11 is 0. The topological polar surface area (TPSA) is 75.4 Å². The van der Waals surface area contributed by atoms with E-state index in [2.05, 4.69) is 5.32 Å². The Hall–Kier alpha value is -2.33. The van der Waals surface area contributed by atoms with Gasteiger partial charge in [-0.15, -0.1) is 0 Å². The molecule has 0 aliphatic heterocycles. The van der Waals surface area contributed by atoms with E-state index in [1.807, 2.05) is 42.5 Å². The highest BCUT2D eigenvalue weighted by atomic mass is 16.3. The van der Waals surface area contributed by atoms with Crippen molar-refractivity contribution in [2.24, 2.45) is 0 Å². The molecule has 0 aromatic heterocycles. The lowest BCUT2D eigenvalue weighted by Crippen LogP contribution is -2.31. The van der Waals surface area contributed by atoms with Crippen LogP contribution < -0.4 is 11.1 Å². The fraction of sp³-hybridized carbons (Fsp3) is 0.188. The van der Waals surface area contributed by atoms with E-state index < -0.39 is 0 Å². The molecule has 1 unspecified atom stereocenters. The second kappa shape index (κ2) is 6.73. The Labute approximate surface area is 118 Å². The molecule has 0 aliphatic rings. The predicted octanol–water partition coefficient (Wildman–Crippen LogP) is 1.66. The molecule has 2 rings (SSSR count). The number of amides is 1. The van der Waals surface area contributed by atoms with Crippen molar-refractivity contribution < 1.29 is 9.90 Å². The van der Waals surface area contributed by atoms with Gasteiger partial charge < -0.3 is 16.2 Å². The number of anilines is 1. The first kappa shape index (κ1) is 14.1. The highest BCUT2D eigenvalue weighted by Crippen LogP contribution is 2.12. The van der Waals surface area contributed by atoms with Gasteiger partial charge in [0.25, 0.3) is 0 Å². The fourth-order valence-electron chi connectivity index (χ4n) is 2.05. The van der Waals surface area contributed by atoms with E-state index in [-0.39, 0.29) is 25.0 Å². The van der Waals surface area contributed by atoms with Gasteiger partial charge in [-0.3, -0.25) is 4.79 Å². The lowest BCUT2D eigenvalue weighted by atomic mass is 10.1. The van der Waals surface area contributed by atoms with Crippen LogP contribution in [0.4, 0.5) is 5.69 Å². The van der Waals surface area contributed by atoms with Gasteiger partial charge in [0, 0.05) is 5.69 Å². The summed E-state index contributed by atoms with van der Waals surface area (Å²) in [5.74, 6) is -0.140. The summed E-state index contributed by atoms with van der Waals surface area (Å²) in [7, 11) is 0. The number of carbonyl (C=O) groups is 1. The average Bonchev–Trinajstić information content (AvgIpc) is 2.45. The standard InChI is InChI=1S/C16H18N2O2/c17-14-8-4-5-12(9-14)10-16(20)18-15(11-19)13-6-2-1-3-7-13/h1-9,15,19H,10-11,17H2,(H,18,20). The number of nitrogen functional groups attached to an aromatic ring is 1. The van der Waals surface area contributed by atoms with Gasteiger partial charge in [0.15, 0.2) is 0 Å². The molecule has 0 radical (unpaired) electrons. The summed E-state index contributed by atoms with van der Waals surface area (Å²) in [6, 6.07) is 16.2. The molecule has 0 fully saturated rings.